The zero-order valence-electron chi connectivity index (χ0n) is 16.9. The Morgan fingerprint density at radius 1 is 1.25 bits per heavy atom. The minimum absolute atomic E-state index is 0.252. The first-order chi connectivity index (χ1) is 13.8. The molecule has 2 fully saturated rings. The summed E-state index contributed by atoms with van der Waals surface area (Å²) in [5.41, 5.74) is 1.26. The van der Waals surface area contributed by atoms with Gasteiger partial charge in [-0.2, -0.15) is 0 Å². The van der Waals surface area contributed by atoms with E-state index in [0.717, 1.165) is 70.2 Å². The van der Waals surface area contributed by atoms with Crippen LogP contribution in [0.5, 0.6) is 5.75 Å². The Morgan fingerprint density at radius 3 is 2.68 bits per heavy atom. The van der Waals surface area contributed by atoms with Crippen molar-refractivity contribution in [1.29, 1.82) is 0 Å². The molecule has 3 heterocycles. The number of nitrogens with one attached hydrogen (secondary N) is 1. The van der Waals surface area contributed by atoms with Gasteiger partial charge >= 0.3 is 0 Å². The average molecular weight is 388 g/mol. The Kier molecular flexibility index (Phi) is 6.07. The minimum Gasteiger partial charge on any atom is -0.497 e. The summed E-state index contributed by atoms with van der Waals surface area (Å²) >= 11 is 0. The Morgan fingerprint density at radius 2 is 2.04 bits per heavy atom. The molecule has 1 N–H and O–H groups in total. The second-order valence-corrected chi connectivity index (χ2v) is 7.66. The van der Waals surface area contributed by atoms with Crippen LogP contribution in [-0.2, 0) is 11.3 Å². The van der Waals surface area contributed by atoms with E-state index >= 15 is 0 Å². The van der Waals surface area contributed by atoms with Gasteiger partial charge in [-0.3, -0.25) is 0 Å². The molecule has 4 rings (SSSR count). The van der Waals surface area contributed by atoms with Crippen molar-refractivity contribution in [2.45, 2.75) is 44.9 Å². The summed E-state index contributed by atoms with van der Waals surface area (Å²) in [5, 5.41) is 12.6. The second-order valence-electron chi connectivity index (χ2n) is 7.66. The lowest BCUT2D eigenvalue weighted by atomic mass is 10.1. The van der Waals surface area contributed by atoms with Gasteiger partial charge in [0.05, 0.1) is 45.9 Å². The van der Waals surface area contributed by atoms with Crippen molar-refractivity contribution in [1.82, 2.24) is 20.2 Å². The van der Waals surface area contributed by atoms with E-state index in [2.05, 4.69) is 39.5 Å². The highest BCUT2D eigenvalue weighted by Crippen LogP contribution is 2.20. The fourth-order valence-corrected chi connectivity index (χ4v) is 4.42. The lowest BCUT2D eigenvalue weighted by molar-refractivity contribution is -0.933. The molecule has 0 unspecified atom stereocenters. The number of aromatic nitrogens is 4. The number of piperazine rings is 1. The number of rotatable bonds is 7. The molecule has 0 radical (unpaired) electrons. The lowest BCUT2D eigenvalue weighted by Gasteiger charge is -2.37. The molecule has 2 saturated heterocycles. The number of tetrazole rings is 1. The number of nitrogens with zero attached hydrogens (tertiary/aromatic N) is 5. The van der Waals surface area contributed by atoms with Crippen molar-refractivity contribution >= 4 is 5.69 Å². The SMILES string of the molecule is CC[C@@H](c1nnnn1C[C@H]1CCCO1)[NH+]1CCN(c2ccc(OC)cc2)CC1. The summed E-state index contributed by atoms with van der Waals surface area (Å²) in [6, 6.07) is 8.67. The van der Waals surface area contributed by atoms with E-state index in [9.17, 15) is 0 Å². The van der Waals surface area contributed by atoms with Crippen molar-refractivity contribution in [3.8, 4) is 5.75 Å². The predicted molar refractivity (Wildman–Crippen MR) is 106 cm³/mol. The number of methoxy groups -OCH3 is 1. The number of benzene rings is 1. The van der Waals surface area contributed by atoms with Gasteiger partial charge in [-0.25, -0.2) is 4.68 Å². The van der Waals surface area contributed by atoms with Gasteiger partial charge in [-0.1, -0.05) is 6.92 Å². The van der Waals surface area contributed by atoms with Gasteiger partial charge in [0.25, 0.3) is 0 Å². The highest BCUT2D eigenvalue weighted by Gasteiger charge is 2.32. The van der Waals surface area contributed by atoms with Crippen LogP contribution in [0.1, 0.15) is 38.1 Å². The van der Waals surface area contributed by atoms with E-state index in [1.54, 1.807) is 12.0 Å². The molecule has 152 valence electrons. The molecule has 2 aliphatic rings. The summed E-state index contributed by atoms with van der Waals surface area (Å²) < 4.78 is 13.0. The van der Waals surface area contributed by atoms with Crippen molar-refractivity contribution in [3.63, 3.8) is 0 Å². The largest absolute Gasteiger partial charge is 0.497 e. The Bertz CT molecular complexity index is 735. The van der Waals surface area contributed by atoms with Crippen molar-refractivity contribution in [2.24, 2.45) is 0 Å². The van der Waals surface area contributed by atoms with Crippen LogP contribution in [-0.4, -0.2) is 66.2 Å². The van der Waals surface area contributed by atoms with Crippen LogP contribution in [0.4, 0.5) is 5.69 Å². The van der Waals surface area contributed by atoms with Crippen molar-refractivity contribution in [3.05, 3.63) is 30.1 Å². The van der Waals surface area contributed by atoms with Gasteiger partial charge in [0.2, 0.25) is 5.82 Å². The fourth-order valence-electron chi connectivity index (χ4n) is 4.42. The van der Waals surface area contributed by atoms with Crippen LogP contribution < -0.4 is 14.5 Å². The molecule has 0 aliphatic carbocycles. The Labute approximate surface area is 166 Å². The topological polar surface area (TPSA) is 69.7 Å². The summed E-state index contributed by atoms with van der Waals surface area (Å²) in [4.78, 5) is 4.01. The Balaban J connectivity index is 1.39. The standard InChI is InChI=1S/C20H30N6O2/c1-3-19(20-21-22-23-26(20)15-18-5-4-14-28-18)25-12-10-24(11-13-25)16-6-8-17(27-2)9-7-16/h6-9,18-19H,3-5,10-15H2,1-2H3/p+1/t18-,19+/m1/s1. The first-order valence-corrected chi connectivity index (χ1v) is 10.4. The number of ether oxygens (including phenoxy) is 2. The number of hydrogen-bond acceptors (Lipinski definition) is 6. The van der Waals surface area contributed by atoms with Crippen LogP contribution in [0, 0.1) is 0 Å². The molecule has 0 amide bonds. The molecule has 8 heteroatoms. The molecule has 0 saturated carbocycles. The number of quaternary nitrogens is 1. The maximum atomic E-state index is 5.78. The highest BCUT2D eigenvalue weighted by atomic mass is 16.5. The third-order valence-corrected chi connectivity index (χ3v) is 6.02. The first kappa shape index (κ1) is 19.1. The molecule has 28 heavy (non-hydrogen) atoms. The molecule has 8 nitrogen and oxygen atoms in total. The Hall–Kier alpha value is -2.19. The normalized spacial score (nSPS) is 21.8. The summed E-state index contributed by atoms with van der Waals surface area (Å²) in [7, 11) is 1.70. The van der Waals surface area contributed by atoms with Gasteiger partial charge in [0, 0.05) is 18.7 Å². The van der Waals surface area contributed by atoms with Gasteiger partial charge in [0.15, 0.2) is 0 Å². The van der Waals surface area contributed by atoms with Crippen LogP contribution in [0.2, 0.25) is 0 Å². The molecule has 1 aromatic heterocycles. The monoisotopic (exact) mass is 387 g/mol. The van der Waals surface area contributed by atoms with Crippen molar-refractivity contribution in [2.75, 3.05) is 44.8 Å². The quantitative estimate of drug-likeness (QED) is 0.755. The first-order valence-electron chi connectivity index (χ1n) is 10.4. The molecule has 2 atom stereocenters. The van der Waals surface area contributed by atoms with E-state index in [0.29, 0.717) is 6.04 Å². The van der Waals surface area contributed by atoms with Crippen LogP contribution in [0.15, 0.2) is 24.3 Å². The zero-order valence-corrected chi connectivity index (χ0v) is 16.9. The third kappa shape index (κ3) is 4.12. The zero-order chi connectivity index (χ0) is 19.3. The third-order valence-electron chi connectivity index (χ3n) is 6.02. The summed E-state index contributed by atoms with van der Waals surface area (Å²) in [6.45, 7) is 8.09. The van der Waals surface area contributed by atoms with Crippen LogP contribution in [0.3, 0.4) is 0 Å². The molecule has 2 aliphatic heterocycles. The highest BCUT2D eigenvalue weighted by molar-refractivity contribution is 5.49. The van der Waals surface area contributed by atoms with Gasteiger partial charge < -0.3 is 19.3 Å². The fraction of sp³-hybridized carbons (Fsp3) is 0.650. The molecule has 2 aromatic rings. The van der Waals surface area contributed by atoms with Gasteiger partial charge in [-0.15, -0.1) is 5.10 Å². The summed E-state index contributed by atoms with van der Waals surface area (Å²) in [5.74, 6) is 1.91. The molecular formula is C20H31N6O2+. The number of anilines is 1. The minimum atomic E-state index is 0.252. The molecule has 1 aromatic carbocycles. The predicted octanol–water partition coefficient (Wildman–Crippen LogP) is 0.717. The van der Waals surface area contributed by atoms with E-state index in [-0.39, 0.29) is 6.10 Å². The summed E-state index contributed by atoms with van der Waals surface area (Å²) in [6.07, 6.45) is 3.52. The van der Waals surface area contributed by atoms with Crippen LogP contribution in [0.25, 0.3) is 0 Å². The molecular weight excluding hydrogens is 356 g/mol. The number of hydrogen-bond donors (Lipinski definition) is 1. The van der Waals surface area contributed by atoms with Gasteiger partial charge in [0.1, 0.15) is 11.8 Å². The average Bonchev–Trinajstić information content (AvgIpc) is 3.42. The smallest absolute Gasteiger partial charge is 0.209 e. The maximum Gasteiger partial charge on any atom is 0.209 e. The van der Waals surface area contributed by atoms with Crippen LogP contribution >= 0.6 is 0 Å². The lowest BCUT2D eigenvalue weighted by Crippen LogP contribution is -3.15. The van der Waals surface area contributed by atoms with E-state index in [1.807, 2.05) is 16.8 Å². The molecule has 0 bridgehead atoms. The second kappa shape index (κ2) is 8.87. The van der Waals surface area contributed by atoms with Gasteiger partial charge in [-0.05, 0) is 47.5 Å². The van der Waals surface area contributed by atoms with E-state index in [1.165, 1.54) is 5.69 Å². The van der Waals surface area contributed by atoms with E-state index < -0.39 is 0 Å². The maximum absolute atomic E-state index is 5.78. The van der Waals surface area contributed by atoms with E-state index in [4.69, 9.17) is 9.47 Å². The van der Waals surface area contributed by atoms with Crippen molar-refractivity contribution < 1.29 is 14.4 Å². The molecule has 0 spiro atoms.